The number of likely N-dealkylation sites (tertiary alicyclic amines) is 1. The Morgan fingerprint density at radius 1 is 1.19 bits per heavy atom. The predicted octanol–water partition coefficient (Wildman–Crippen LogP) is 4.94. The molecule has 26 heavy (non-hydrogen) atoms. The standard InChI is InChI=1S/C21H24ClNO3/c1-15-7-5-6-12-23(15)21(24)16-10-11-19(20(13-16)25-2)26-14-17-8-3-4-9-18(17)22/h3-4,8-11,13,15H,5-7,12,14H2,1-2H3. The lowest BCUT2D eigenvalue weighted by Gasteiger charge is -2.33. The maximum absolute atomic E-state index is 12.8. The Hall–Kier alpha value is -2.20. The van der Waals surface area contributed by atoms with Crippen molar-refractivity contribution in [2.75, 3.05) is 13.7 Å². The zero-order valence-corrected chi connectivity index (χ0v) is 16.0. The van der Waals surface area contributed by atoms with Crippen LogP contribution in [0.3, 0.4) is 0 Å². The Morgan fingerprint density at radius 2 is 2.00 bits per heavy atom. The van der Waals surface area contributed by atoms with Crippen LogP contribution >= 0.6 is 11.6 Å². The van der Waals surface area contributed by atoms with Crippen molar-refractivity contribution in [2.45, 2.75) is 38.8 Å². The van der Waals surface area contributed by atoms with Crippen LogP contribution in [-0.4, -0.2) is 30.5 Å². The Balaban J connectivity index is 1.75. The van der Waals surface area contributed by atoms with E-state index in [9.17, 15) is 4.79 Å². The van der Waals surface area contributed by atoms with Gasteiger partial charge >= 0.3 is 0 Å². The third-order valence-corrected chi connectivity index (χ3v) is 5.18. The molecule has 0 saturated carbocycles. The monoisotopic (exact) mass is 373 g/mol. The molecule has 1 fully saturated rings. The molecule has 0 aromatic heterocycles. The van der Waals surface area contributed by atoms with Crippen molar-refractivity contribution >= 4 is 17.5 Å². The van der Waals surface area contributed by atoms with Gasteiger partial charge in [-0.25, -0.2) is 0 Å². The molecule has 0 N–H and O–H groups in total. The SMILES string of the molecule is COc1cc(C(=O)N2CCCCC2C)ccc1OCc1ccccc1Cl. The van der Waals surface area contributed by atoms with Gasteiger partial charge in [0.2, 0.25) is 0 Å². The normalized spacial score (nSPS) is 17.0. The molecule has 1 amide bonds. The van der Waals surface area contributed by atoms with E-state index in [-0.39, 0.29) is 11.9 Å². The molecule has 1 atom stereocenters. The first-order valence-corrected chi connectivity index (χ1v) is 9.33. The summed E-state index contributed by atoms with van der Waals surface area (Å²) in [6.07, 6.45) is 3.30. The van der Waals surface area contributed by atoms with Crippen molar-refractivity contribution < 1.29 is 14.3 Å². The molecule has 138 valence electrons. The minimum atomic E-state index is 0.0492. The lowest BCUT2D eigenvalue weighted by Crippen LogP contribution is -2.42. The average molecular weight is 374 g/mol. The number of benzene rings is 2. The van der Waals surface area contributed by atoms with Crippen molar-refractivity contribution in [1.29, 1.82) is 0 Å². The molecule has 4 nitrogen and oxygen atoms in total. The number of carbonyl (C=O) groups excluding carboxylic acids is 1. The van der Waals surface area contributed by atoms with Crippen LogP contribution in [-0.2, 0) is 6.61 Å². The summed E-state index contributed by atoms with van der Waals surface area (Å²) < 4.78 is 11.3. The van der Waals surface area contributed by atoms with E-state index in [1.807, 2.05) is 29.2 Å². The van der Waals surface area contributed by atoms with Gasteiger partial charge in [0, 0.05) is 28.7 Å². The second-order valence-electron chi connectivity index (χ2n) is 6.59. The summed E-state index contributed by atoms with van der Waals surface area (Å²) in [7, 11) is 1.58. The summed E-state index contributed by atoms with van der Waals surface area (Å²) in [5.74, 6) is 1.19. The van der Waals surface area contributed by atoms with Crippen LogP contribution < -0.4 is 9.47 Å². The largest absolute Gasteiger partial charge is 0.493 e. The summed E-state index contributed by atoms with van der Waals surface area (Å²) in [5.41, 5.74) is 1.53. The third kappa shape index (κ3) is 4.13. The van der Waals surface area contributed by atoms with E-state index in [1.54, 1.807) is 25.3 Å². The summed E-state index contributed by atoms with van der Waals surface area (Å²) >= 11 is 6.17. The van der Waals surface area contributed by atoms with Gasteiger partial charge in [-0.05, 0) is 50.5 Å². The summed E-state index contributed by atoms with van der Waals surface area (Å²) in [6.45, 7) is 3.26. The molecule has 1 aliphatic heterocycles. The molecule has 1 heterocycles. The molecule has 2 aromatic carbocycles. The Morgan fingerprint density at radius 3 is 2.73 bits per heavy atom. The molecular weight excluding hydrogens is 350 g/mol. The van der Waals surface area contributed by atoms with E-state index in [4.69, 9.17) is 21.1 Å². The number of amides is 1. The average Bonchev–Trinajstić information content (AvgIpc) is 2.67. The number of methoxy groups -OCH3 is 1. The zero-order valence-electron chi connectivity index (χ0n) is 15.2. The number of rotatable bonds is 5. The molecular formula is C21H24ClNO3. The number of piperidine rings is 1. The molecule has 0 spiro atoms. The van der Waals surface area contributed by atoms with Gasteiger partial charge in [0.25, 0.3) is 5.91 Å². The minimum Gasteiger partial charge on any atom is -0.493 e. The van der Waals surface area contributed by atoms with Gasteiger partial charge in [0.15, 0.2) is 11.5 Å². The van der Waals surface area contributed by atoms with E-state index in [0.29, 0.717) is 28.7 Å². The van der Waals surface area contributed by atoms with Crippen molar-refractivity contribution in [1.82, 2.24) is 4.90 Å². The van der Waals surface area contributed by atoms with Crippen molar-refractivity contribution in [3.63, 3.8) is 0 Å². The maximum Gasteiger partial charge on any atom is 0.254 e. The molecule has 1 aliphatic rings. The molecule has 0 bridgehead atoms. The minimum absolute atomic E-state index is 0.0492. The van der Waals surface area contributed by atoms with Crippen molar-refractivity contribution in [3.05, 3.63) is 58.6 Å². The zero-order chi connectivity index (χ0) is 18.5. The van der Waals surface area contributed by atoms with Crippen LogP contribution in [0, 0.1) is 0 Å². The van der Waals surface area contributed by atoms with Gasteiger partial charge in [-0.15, -0.1) is 0 Å². The van der Waals surface area contributed by atoms with E-state index in [1.165, 1.54) is 6.42 Å². The van der Waals surface area contributed by atoms with Gasteiger partial charge in [-0.1, -0.05) is 29.8 Å². The predicted molar refractivity (Wildman–Crippen MR) is 103 cm³/mol. The number of nitrogens with zero attached hydrogens (tertiary/aromatic N) is 1. The van der Waals surface area contributed by atoms with Gasteiger partial charge in [0.05, 0.1) is 7.11 Å². The highest BCUT2D eigenvalue weighted by Crippen LogP contribution is 2.31. The van der Waals surface area contributed by atoms with Crippen LogP contribution in [0.4, 0.5) is 0 Å². The summed E-state index contributed by atoms with van der Waals surface area (Å²) in [4.78, 5) is 14.8. The molecule has 1 saturated heterocycles. The summed E-state index contributed by atoms with van der Waals surface area (Å²) in [6, 6.07) is 13.2. The highest BCUT2D eigenvalue weighted by atomic mass is 35.5. The fraction of sp³-hybridized carbons (Fsp3) is 0.381. The van der Waals surface area contributed by atoms with E-state index in [2.05, 4.69) is 6.92 Å². The first kappa shape index (κ1) is 18.6. The topological polar surface area (TPSA) is 38.8 Å². The number of hydrogen-bond donors (Lipinski definition) is 0. The van der Waals surface area contributed by atoms with Gasteiger partial charge in [-0.2, -0.15) is 0 Å². The van der Waals surface area contributed by atoms with Crippen molar-refractivity contribution in [2.24, 2.45) is 0 Å². The molecule has 3 rings (SSSR count). The lowest BCUT2D eigenvalue weighted by molar-refractivity contribution is 0.0635. The third-order valence-electron chi connectivity index (χ3n) is 4.82. The van der Waals surface area contributed by atoms with E-state index >= 15 is 0 Å². The highest BCUT2D eigenvalue weighted by Gasteiger charge is 2.25. The van der Waals surface area contributed by atoms with Crippen LogP contribution in [0.25, 0.3) is 0 Å². The molecule has 2 aromatic rings. The fourth-order valence-corrected chi connectivity index (χ4v) is 3.45. The van der Waals surface area contributed by atoms with E-state index < -0.39 is 0 Å². The smallest absolute Gasteiger partial charge is 0.254 e. The second kappa shape index (κ2) is 8.45. The Labute approximate surface area is 159 Å². The second-order valence-corrected chi connectivity index (χ2v) is 7.00. The van der Waals surface area contributed by atoms with Crippen molar-refractivity contribution in [3.8, 4) is 11.5 Å². The van der Waals surface area contributed by atoms with E-state index in [0.717, 1.165) is 24.9 Å². The quantitative estimate of drug-likeness (QED) is 0.744. The highest BCUT2D eigenvalue weighted by molar-refractivity contribution is 6.31. The van der Waals surface area contributed by atoms with Gasteiger partial charge in [0.1, 0.15) is 6.61 Å². The maximum atomic E-state index is 12.8. The van der Waals surface area contributed by atoms with Gasteiger partial charge in [-0.3, -0.25) is 4.79 Å². The lowest BCUT2D eigenvalue weighted by atomic mass is 10.0. The Bertz CT molecular complexity index is 778. The molecule has 0 radical (unpaired) electrons. The number of carbonyl (C=O) groups is 1. The Kier molecular flexibility index (Phi) is 6.04. The number of ether oxygens (including phenoxy) is 2. The van der Waals surface area contributed by atoms with Gasteiger partial charge < -0.3 is 14.4 Å². The summed E-state index contributed by atoms with van der Waals surface area (Å²) in [5, 5.41) is 0.664. The first-order chi connectivity index (χ1) is 12.6. The first-order valence-electron chi connectivity index (χ1n) is 8.95. The molecule has 1 unspecified atom stereocenters. The number of hydrogen-bond acceptors (Lipinski definition) is 3. The van der Waals surface area contributed by atoms with Crippen LogP contribution in [0.1, 0.15) is 42.1 Å². The molecule has 0 aliphatic carbocycles. The van der Waals surface area contributed by atoms with Crippen LogP contribution in [0.15, 0.2) is 42.5 Å². The van der Waals surface area contributed by atoms with Crippen LogP contribution in [0.2, 0.25) is 5.02 Å². The van der Waals surface area contributed by atoms with Crippen LogP contribution in [0.5, 0.6) is 11.5 Å². The molecule has 5 heteroatoms. The fourth-order valence-electron chi connectivity index (χ4n) is 3.26. The number of halogens is 1.